The number of nitrogens with zero attached hydrogens (tertiary/aromatic N) is 1. The highest BCUT2D eigenvalue weighted by Gasteiger charge is 2.23. The number of ether oxygens (including phenoxy) is 6. The molecule has 65 heavy (non-hydrogen) atoms. The standard InChI is InChI=1S/C55H110NO8.CH4/c1-5-7-9-11-13-15-17-19-21-23-25-27-29-31-33-38-44-61-53-54(62-45-39-34-32-30-28-26-24-22-20-18-16-14-12-10-8-6-2)52-56(3,4)41-37-35-36-40-55(63-50-48-59-46-42-57)64-51-49-60-47-43-58;/h19-22,54-55,57-58H,5-18,23-53H2,1-4H3;1H4/q+1;/b21-19-,22-20-;. The summed E-state index contributed by atoms with van der Waals surface area (Å²) in [5.41, 5.74) is 0. The third kappa shape index (κ3) is 53.9. The number of hydrogen-bond donors (Lipinski definition) is 2. The molecule has 1 atom stereocenters. The molecule has 0 heterocycles. The van der Waals surface area contributed by atoms with Crippen molar-refractivity contribution in [2.45, 2.75) is 239 Å². The lowest BCUT2D eigenvalue weighted by Gasteiger charge is -2.33. The van der Waals surface area contributed by atoms with Crippen LogP contribution in [0.5, 0.6) is 0 Å². The summed E-state index contributed by atoms with van der Waals surface area (Å²) in [5.74, 6) is 0. The van der Waals surface area contributed by atoms with Crippen LogP contribution in [0.15, 0.2) is 24.3 Å². The number of rotatable bonds is 55. The van der Waals surface area contributed by atoms with Gasteiger partial charge in [-0.05, 0) is 89.9 Å². The van der Waals surface area contributed by atoms with Crippen LogP contribution in [0.4, 0.5) is 0 Å². The minimum absolute atomic E-state index is 0. The predicted molar refractivity (Wildman–Crippen MR) is 278 cm³/mol. The first-order chi connectivity index (χ1) is 31.5. The highest BCUT2D eigenvalue weighted by atomic mass is 16.7. The van der Waals surface area contributed by atoms with E-state index in [0.29, 0.717) is 46.2 Å². The van der Waals surface area contributed by atoms with Gasteiger partial charge in [-0.25, -0.2) is 0 Å². The Morgan fingerprint density at radius 3 is 1.25 bits per heavy atom. The normalized spacial score (nSPS) is 12.7. The Labute approximate surface area is 405 Å². The lowest BCUT2D eigenvalue weighted by molar-refractivity contribution is -0.893. The first kappa shape index (κ1) is 66.2. The summed E-state index contributed by atoms with van der Waals surface area (Å²) in [6, 6.07) is 0. The van der Waals surface area contributed by atoms with Crippen LogP contribution in [0.2, 0.25) is 0 Å². The van der Waals surface area contributed by atoms with Crippen LogP contribution < -0.4 is 0 Å². The zero-order chi connectivity index (χ0) is 46.5. The van der Waals surface area contributed by atoms with Gasteiger partial charge in [-0.3, -0.25) is 0 Å². The molecule has 0 aromatic heterocycles. The Morgan fingerprint density at radius 1 is 0.400 bits per heavy atom. The molecule has 0 radical (unpaired) electrons. The minimum atomic E-state index is -0.318. The molecule has 0 spiro atoms. The van der Waals surface area contributed by atoms with Crippen molar-refractivity contribution in [2.24, 2.45) is 0 Å². The quantitative estimate of drug-likeness (QED) is 0.0270. The molecule has 0 saturated heterocycles. The molecule has 0 aliphatic heterocycles. The lowest BCUT2D eigenvalue weighted by Crippen LogP contribution is -2.48. The molecule has 9 heteroatoms. The van der Waals surface area contributed by atoms with E-state index in [4.69, 9.17) is 38.6 Å². The van der Waals surface area contributed by atoms with Crippen molar-refractivity contribution in [1.29, 1.82) is 0 Å². The van der Waals surface area contributed by atoms with Gasteiger partial charge in [0.25, 0.3) is 0 Å². The molecule has 0 aliphatic carbocycles. The van der Waals surface area contributed by atoms with E-state index in [1.54, 1.807) is 0 Å². The molecule has 0 aromatic carbocycles. The second kappa shape index (κ2) is 55.7. The number of aliphatic hydroxyl groups excluding tert-OH is 2. The summed E-state index contributed by atoms with van der Waals surface area (Å²) in [6.07, 6.45) is 50.4. The Morgan fingerprint density at radius 2 is 0.800 bits per heavy atom. The number of aliphatic hydroxyl groups is 2. The molecular weight excluding hydrogens is 815 g/mol. The van der Waals surface area contributed by atoms with E-state index >= 15 is 0 Å². The third-order valence-electron chi connectivity index (χ3n) is 12.0. The highest BCUT2D eigenvalue weighted by Crippen LogP contribution is 2.15. The van der Waals surface area contributed by atoms with Gasteiger partial charge in [-0.2, -0.15) is 0 Å². The maximum absolute atomic E-state index is 8.96. The number of quaternary nitrogens is 1. The van der Waals surface area contributed by atoms with E-state index in [1.165, 1.54) is 167 Å². The molecule has 390 valence electrons. The topological polar surface area (TPSA) is 95.8 Å². The monoisotopic (exact) mass is 929 g/mol. The molecule has 0 aliphatic rings. The van der Waals surface area contributed by atoms with Crippen molar-refractivity contribution < 1.29 is 43.1 Å². The van der Waals surface area contributed by atoms with Crippen molar-refractivity contribution in [3.05, 3.63) is 24.3 Å². The third-order valence-corrected chi connectivity index (χ3v) is 12.0. The smallest absolute Gasteiger partial charge is 0.157 e. The van der Waals surface area contributed by atoms with Crippen molar-refractivity contribution in [3.8, 4) is 0 Å². The number of allylic oxidation sites excluding steroid dienone is 4. The maximum atomic E-state index is 8.96. The van der Waals surface area contributed by atoms with Gasteiger partial charge in [0.05, 0.1) is 80.1 Å². The fraction of sp³-hybridized carbons (Fsp3) is 0.929. The summed E-state index contributed by atoms with van der Waals surface area (Å²) >= 11 is 0. The van der Waals surface area contributed by atoms with Crippen LogP contribution in [0.25, 0.3) is 0 Å². The number of hydrogen-bond acceptors (Lipinski definition) is 8. The SMILES string of the molecule is C.CCCCCCCC/C=C\CCCCCCCCOCC(C[N+](C)(C)CCCCCC(OCCOCCO)OCCOCCO)OCCCCCCCC/C=C\CCCCCCCC. The van der Waals surface area contributed by atoms with Gasteiger partial charge in [0.15, 0.2) is 6.29 Å². The largest absolute Gasteiger partial charge is 0.394 e. The summed E-state index contributed by atoms with van der Waals surface area (Å²) in [6.45, 7) is 11.3. The van der Waals surface area contributed by atoms with Gasteiger partial charge >= 0.3 is 0 Å². The summed E-state index contributed by atoms with van der Waals surface area (Å²) < 4.78 is 36.4. The fourth-order valence-corrected chi connectivity index (χ4v) is 8.11. The average Bonchev–Trinajstić information content (AvgIpc) is 3.28. The van der Waals surface area contributed by atoms with Crippen LogP contribution >= 0.6 is 0 Å². The zero-order valence-electron chi connectivity index (χ0n) is 43.1. The minimum Gasteiger partial charge on any atom is -0.394 e. The van der Waals surface area contributed by atoms with E-state index in [-0.39, 0.29) is 33.0 Å². The summed E-state index contributed by atoms with van der Waals surface area (Å²) in [5, 5.41) is 17.9. The molecule has 0 rings (SSSR count). The van der Waals surface area contributed by atoms with Crippen LogP contribution in [0.3, 0.4) is 0 Å². The molecule has 1 unspecified atom stereocenters. The first-order valence-electron chi connectivity index (χ1n) is 27.4. The van der Waals surface area contributed by atoms with E-state index in [0.717, 1.165) is 69.3 Å². The van der Waals surface area contributed by atoms with Crippen molar-refractivity contribution in [2.75, 3.05) is 99.9 Å². The average molecular weight is 930 g/mol. The number of unbranched alkanes of at least 4 members (excludes halogenated alkanes) is 26. The van der Waals surface area contributed by atoms with Gasteiger partial charge in [0, 0.05) is 13.2 Å². The molecule has 0 bridgehead atoms. The van der Waals surface area contributed by atoms with E-state index in [1.807, 2.05) is 0 Å². The van der Waals surface area contributed by atoms with Crippen LogP contribution in [0.1, 0.15) is 227 Å². The predicted octanol–water partition coefficient (Wildman–Crippen LogP) is 14.1. The van der Waals surface area contributed by atoms with Crippen molar-refractivity contribution in [3.63, 3.8) is 0 Å². The zero-order valence-corrected chi connectivity index (χ0v) is 43.1. The van der Waals surface area contributed by atoms with Crippen LogP contribution in [0, 0.1) is 0 Å². The van der Waals surface area contributed by atoms with Gasteiger partial charge in [-0.1, -0.05) is 161 Å². The molecule has 0 saturated carbocycles. The van der Waals surface area contributed by atoms with Crippen molar-refractivity contribution in [1.82, 2.24) is 0 Å². The molecule has 0 fully saturated rings. The Balaban J connectivity index is 0. The number of likely N-dealkylation sites (N-methyl/N-ethyl adjacent to an activating group) is 1. The van der Waals surface area contributed by atoms with Crippen molar-refractivity contribution >= 4 is 0 Å². The Kier molecular flexibility index (Phi) is 56.7. The van der Waals surface area contributed by atoms with Gasteiger partial charge in [0.2, 0.25) is 0 Å². The summed E-state index contributed by atoms with van der Waals surface area (Å²) in [4.78, 5) is 0. The van der Waals surface area contributed by atoms with E-state index in [2.05, 4.69) is 52.2 Å². The molecular formula is C56H114NO8+. The van der Waals surface area contributed by atoms with E-state index in [9.17, 15) is 0 Å². The Hall–Kier alpha value is -0.880. The summed E-state index contributed by atoms with van der Waals surface area (Å²) in [7, 11) is 4.67. The molecule has 9 nitrogen and oxygen atoms in total. The Bertz CT molecular complexity index is 920. The lowest BCUT2D eigenvalue weighted by atomic mass is 10.1. The second-order valence-electron chi connectivity index (χ2n) is 19.0. The fourth-order valence-electron chi connectivity index (χ4n) is 8.11. The van der Waals surface area contributed by atoms with Crippen LogP contribution in [-0.4, -0.2) is 127 Å². The van der Waals surface area contributed by atoms with E-state index < -0.39 is 0 Å². The molecule has 0 aromatic rings. The van der Waals surface area contributed by atoms with Gasteiger partial charge < -0.3 is 43.1 Å². The highest BCUT2D eigenvalue weighted by molar-refractivity contribution is 4.82. The van der Waals surface area contributed by atoms with Crippen LogP contribution in [-0.2, 0) is 28.4 Å². The van der Waals surface area contributed by atoms with Gasteiger partial charge in [-0.15, -0.1) is 0 Å². The molecule has 0 amide bonds. The first-order valence-corrected chi connectivity index (χ1v) is 27.4. The second-order valence-corrected chi connectivity index (χ2v) is 19.0. The van der Waals surface area contributed by atoms with Gasteiger partial charge in [0.1, 0.15) is 12.6 Å². The maximum Gasteiger partial charge on any atom is 0.157 e. The molecule has 2 N–H and O–H groups in total.